The van der Waals surface area contributed by atoms with Crippen LogP contribution in [0, 0.1) is 0 Å². The fraction of sp³-hybridized carbons (Fsp3) is 0.385. The molecule has 4 bridgehead atoms. The van der Waals surface area contributed by atoms with Crippen LogP contribution >= 0.6 is 0 Å². The summed E-state index contributed by atoms with van der Waals surface area (Å²) in [5.74, 6) is 0.580. The number of rotatable bonds is 0. The average Bonchev–Trinajstić information content (AvgIpc) is 2.85. The quantitative estimate of drug-likeness (QED) is 0.697. The van der Waals surface area contributed by atoms with Crippen molar-refractivity contribution in [1.82, 2.24) is 9.97 Å². The van der Waals surface area contributed by atoms with Crippen molar-refractivity contribution in [1.29, 1.82) is 0 Å². The van der Waals surface area contributed by atoms with Gasteiger partial charge < -0.3 is 0 Å². The van der Waals surface area contributed by atoms with E-state index in [4.69, 9.17) is 0 Å². The SMILES string of the molecule is CC1Cc2cc[c]([nH]2)[Sn][CH](C)c2ccc1[nH]2. The van der Waals surface area contributed by atoms with Crippen LogP contribution in [0.4, 0.5) is 0 Å². The van der Waals surface area contributed by atoms with Crippen LogP contribution in [0.15, 0.2) is 24.3 Å². The first-order valence-corrected chi connectivity index (χ1v) is 8.93. The van der Waals surface area contributed by atoms with Gasteiger partial charge in [0, 0.05) is 0 Å². The average molecular weight is 319 g/mol. The molecule has 2 N–H and O–H groups in total. The molecule has 0 fully saturated rings. The Morgan fingerprint density at radius 2 is 1.88 bits per heavy atom. The summed E-state index contributed by atoms with van der Waals surface area (Å²) >= 11 is -0.515. The summed E-state index contributed by atoms with van der Waals surface area (Å²) in [4.78, 5) is 7.22. The van der Waals surface area contributed by atoms with E-state index in [1.807, 2.05) is 0 Å². The number of fused-ring (bicyclic) bond motifs is 4. The van der Waals surface area contributed by atoms with Gasteiger partial charge in [0.15, 0.2) is 0 Å². The molecule has 0 saturated carbocycles. The van der Waals surface area contributed by atoms with Crippen LogP contribution in [0.3, 0.4) is 0 Å². The van der Waals surface area contributed by atoms with Crippen molar-refractivity contribution >= 4 is 24.9 Å². The van der Waals surface area contributed by atoms with E-state index in [0.717, 1.165) is 10.4 Å². The van der Waals surface area contributed by atoms with Gasteiger partial charge in [-0.05, 0) is 0 Å². The third-order valence-electron chi connectivity index (χ3n) is 3.37. The van der Waals surface area contributed by atoms with Gasteiger partial charge in [-0.3, -0.25) is 0 Å². The van der Waals surface area contributed by atoms with Crippen molar-refractivity contribution < 1.29 is 0 Å². The first-order chi connectivity index (χ1) is 7.72. The van der Waals surface area contributed by atoms with Gasteiger partial charge in [0.05, 0.1) is 0 Å². The van der Waals surface area contributed by atoms with Crippen molar-refractivity contribution in [3.05, 3.63) is 41.3 Å². The number of nitrogens with one attached hydrogen (secondary N) is 2. The van der Waals surface area contributed by atoms with Crippen molar-refractivity contribution in [2.24, 2.45) is 0 Å². The number of aromatic nitrogens is 2. The van der Waals surface area contributed by atoms with Gasteiger partial charge in [-0.1, -0.05) is 0 Å². The second-order valence-electron chi connectivity index (χ2n) is 4.74. The van der Waals surface area contributed by atoms with Crippen LogP contribution < -0.4 is 3.71 Å². The third-order valence-corrected chi connectivity index (χ3v) is 7.22. The van der Waals surface area contributed by atoms with Crippen molar-refractivity contribution in [2.75, 3.05) is 0 Å². The standard InChI is InChI=1S/C13H16N2.Sn/c1-3-11-6-7-13(15-11)10(2)9-12-5-4-8-14-12;/h3-7,10,14-15H,9H2,1-2H3;. The Morgan fingerprint density at radius 1 is 1.06 bits per heavy atom. The summed E-state index contributed by atoms with van der Waals surface area (Å²) in [6.45, 7) is 4.65. The zero-order valence-corrected chi connectivity index (χ0v) is 12.5. The molecule has 0 amide bonds. The molecule has 2 radical (unpaired) electrons. The molecule has 0 spiro atoms. The summed E-state index contributed by atoms with van der Waals surface area (Å²) in [7, 11) is 0. The fourth-order valence-electron chi connectivity index (χ4n) is 2.36. The molecule has 0 aliphatic carbocycles. The first-order valence-electron chi connectivity index (χ1n) is 5.85. The monoisotopic (exact) mass is 320 g/mol. The zero-order chi connectivity index (χ0) is 11.1. The van der Waals surface area contributed by atoms with E-state index >= 15 is 0 Å². The van der Waals surface area contributed by atoms with Gasteiger partial charge in [-0.2, -0.15) is 0 Å². The Labute approximate surface area is 106 Å². The van der Waals surface area contributed by atoms with Gasteiger partial charge in [0.2, 0.25) is 0 Å². The first kappa shape index (κ1) is 10.5. The molecule has 2 atom stereocenters. The molecular weight excluding hydrogens is 303 g/mol. The maximum absolute atomic E-state index is 3.61. The second kappa shape index (κ2) is 3.98. The summed E-state index contributed by atoms with van der Waals surface area (Å²) in [5, 5.41) is 0. The molecule has 0 saturated heterocycles. The second-order valence-corrected chi connectivity index (χ2v) is 9.57. The molecule has 82 valence electrons. The Kier molecular flexibility index (Phi) is 2.62. The molecule has 16 heavy (non-hydrogen) atoms. The molecule has 1 aliphatic heterocycles. The van der Waals surface area contributed by atoms with Crippen LogP contribution in [-0.2, 0) is 6.42 Å². The van der Waals surface area contributed by atoms with E-state index in [2.05, 4.69) is 48.1 Å². The van der Waals surface area contributed by atoms with E-state index in [1.165, 1.54) is 20.8 Å². The van der Waals surface area contributed by atoms with Gasteiger partial charge in [-0.25, -0.2) is 0 Å². The van der Waals surface area contributed by atoms with E-state index in [1.54, 1.807) is 0 Å². The molecule has 2 nitrogen and oxygen atoms in total. The third kappa shape index (κ3) is 1.83. The molecule has 0 aromatic carbocycles. The molecule has 2 aromatic rings. The fourth-order valence-corrected chi connectivity index (χ4v) is 5.80. The minimum atomic E-state index is -0.515. The number of aromatic amines is 2. The van der Waals surface area contributed by atoms with E-state index in [0.29, 0.717) is 5.92 Å². The van der Waals surface area contributed by atoms with Crippen LogP contribution in [0.2, 0.25) is 0 Å². The summed E-state index contributed by atoms with van der Waals surface area (Å²) < 4.78 is 2.26. The van der Waals surface area contributed by atoms with Crippen LogP contribution in [-0.4, -0.2) is 31.1 Å². The van der Waals surface area contributed by atoms with Gasteiger partial charge in [0.1, 0.15) is 0 Å². The number of hydrogen-bond donors (Lipinski definition) is 2. The zero-order valence-electron chi connectivity index (χ0n) is 9.67. The Hall–Kier alpha value is -0.641. The van der Waals surface area contributed by atoms with Gasteiger partial charge in [-0.15, -0.1) is 0 Å². The Morgan fingerprint density at radius 3 is 2.75 bits per heavy atom. The maximum atomic E-state index is 3.61. The molecule has 2 aromatic heterocycles. The van der Waals surface area contributed by atoms with Crippen LogP contribution in [0.5, 0.6) is 0 Å². The van der Waals surface area contributed by atoms with Crippen molar-refractivity contribution in [3.8, 4) is 0 Å². The number of hydrogen-bond acceptors (Lipinski definition) is 0. The topological polar surface area (TPSA) is 31.6 Å². The predicted octanol–water partition coefficient (Wildman–Crippen LogP) is 2.09. The molecule has 3 rings (SSSR count). The number of H-pyrrole nitrogens is 2. The predicted molar refractivity (Wildman–Crippen MR) is 67.5 cm³/mol. The normalized spacial score (nSPS) is 24.4. The van der Waals surface area contributed by atoms with E-state index in [9.17, 15) is 0 Å². The molecule has 1 aliphatic rings. The van der Waals surface area contributed by atoms with Crippen LogP contribution in [0.1, 0.15) is 40.8 Å². The summed E-state index contributed by atoms with van der Waals surface area (Å²) in [6.07, 6.45) is 1.12. The van der Waals surface area contributed by atoms with Crippen LogP contribution in [0.25, 0.3) is 0 Å². The van der Waals surface area contributed by atoms with Gasteiger partial charge in [0.25, 0.3) is 0 Å². The van der Waals surface area contributed by atoms with Crippen molar-refractivity contribution in [2.45, 2.75) is 30.1 Å². The Balaban J connectivity index is 2.04. The Bertz CT molecular complexity index is 457. The minimum absolute atomic E-state index is 0.515. The summed E-state index contributed by atoms with van der Waals surface area (Å²) in [6, 6.07) is 9.13. The molecule has 3 heteroatoms. The van der Waals surface area contributed by atoms with E-state index < -0.39 is 21.1 Å². The van der Waals surface area contributed by atoms with E-state index in [-0.39, 0.29) is 0 Å². The molecule has 2 unspecified atom stereocenters. The molecular formula is C13H16N2Sn. The summed E-state index contributed by atoms with van der Waals surface area (Å²) in [5.41, 5.74) is 4.22. The van der Waals surface area contributed by atoms with Crippen molar-refractivity contribution in [3.63, 3.8) is 0 Å². The van der Waals surface area contributed by atoms with Gasteiger partial charge >= 0.3 is 106 Å². The molecule has 3 heterocycles.